The molecule has 0 atom stereocenters. The number of benzene rings is 1. The highest BCUT2D eigenvalue weighted by atomic mass is 35.5. The van der Waals surface area contributed by atoms with Gasteiger partial charge in [0.05, 0.1) is 43.6 Å². The fourth-order valence-corrected chi connectivity index (χ4v) is 6.33. The van der Waals surface area contributed by atoms with Crippen LogP contribution in [0.1, 0.15) is 42.7 Å². The van der Waals surface area contributed by atoms with Crippen molar-refractivity contribution >= 4 is 27.3 Å². The average molecular weight is 520 g/mol. The van der Waals surface area contributed by atoms with E-state index in [0.29, 0.717) is 35.2 Å². The molecule has 35 heavy (non-hydrogen) atoms. The van der Waals surface area contributed by atoms with E-state index < -0.39 is 9.84 Å². The Labute approximate surface area is 210 Å². The van der Waals surface area contributed by atoms with Crippen LogP contribution in [0.25, 0.3) is 0 Å². The highest BCUT2D eigenvalue weighted by Gasteiger charge is 2.30. The molecular formula is C25H30ClN3O5S. The molecule has 1 aliphatic carbocycles. The molecule has 3 aromatic rings. The van der Waals surface area contributed by atoms with E-state index in [4.69, 9.17) is 20.8 Å². The summed E-state index contributed by atoms with van der Waals surface area (Å²) >= 11 is 6.22. The van der Waals surface area contributed by atoms with Crippen LogP contribution in [0.5, 0.6) is 0 Å². The zero-order chi connectivity index (χ0) is 24.8. The van der Waals surface area contributed by atoms with Crippen LogP contribution in [0.2, 0.25) is 5.02 Å². The first kappa shape index (κ1) is 25.5. The smallest absolute Gasteiger partial charge is 0.228 e. The Morgan fingerprint density at radius 2 is 1.97 bits per heavy atom. The van der Waals surface area contributed by atoms with Crippen molar-refractivity contribution in [2.24, 2.45) is 5.92 Å². The van der Waals surface area contributed by atoms with E-state index in [1.54, 1.807) is 53.2 Å². The van der Waals surface area contributed by atoms with Crippen LogP contribution in [0, 0.1) is 5.92 Å². The maximum absolute atomic E-state index is 13.4. The number of furan rings is 1. The second-order valence-corrected chi connectivity index (χ2v) is 11.1. The lowest BCUT2D eigenvalue weighted by Gasteiger charge is -2.25. The average Bonchev–Trinajstić information content (AvgIpc) is 3.61. The number of carbonyl (C=O) groups is 1. The highest BCUT2D eigenvalue weighted by Crippen LogP contribution is 2.29. The third-order valence-electron chi connectivity index (χ3n) is 6.30. The van der Waals surface area contributed by atoms with Gasteiger partial charge in [-0.3, -0.25) is 4.79 Å². The molecule has 10 heteroatoms. The molecule has 0 radical (unpaired) electrons. The van der Waals surface area contributed by atoms with Gasteiger partial charge in [-0.1, -0.05) is 42.6 Å². The number of carbonyl (C=O) groups excluding carboxylic acids is 1. The maximum atomic E-state index is 13.4. The van der Waals surface area contributed by atoms with Gasteiger partial charge in [-0.15, -0.1) is 0 Å². The zero-order valence-corrected chi connectivity index (χ0v) is 21.3. The Bertz CT molecular complexity index is 1230. The fraction of sp³-hybridized carbons (Fsp3) is 0.440. The largest absolute Gasteiger partial charge is 0.467 e. The van der Waals surface area contributed by atoms with E-state index in [1.807, 2.05) is 6.07 Å². The number of halogens is 1. The molecule has 2 aromatic heterocycles. The van der Waals surface area contributed by atoms with Crippen molar-refractivity contribution in [3.05, 3.63) is 70.9 Å². The van der Waals surface area contributed by atoms with Crippen LogP contribution in [-0.2, 0) is 44.8 Å². The SMILES string of the molecule is COCCn1c(CN(Cc2ccco2)C(=O)C2CCCC2)cnc1S(=O)(=O)Cc1ccccc1Cl. The van der Waals surface area contributed by atoms with Gasteiger partial charge in [0.15, 0.2) is 0 Å². The summed E-state index contributed by atoms with van der Waals surface area (Å²) in [5.74, 6) is 0.432. The number of rotatable bonds is 11. The standard InChI is InChI=1S/C25H30ClN3O5S/c1-33-14-12-29-21(15-27-25(29)35(31,32)18-20-9-4-5-11-23(20)26)16-28(17-22-10-6-13-34-22)24(30)19-7-2-3-8-19/h4-6,9-11,13,15,19H,2-3,7-8,12,14,16-18H2,1H3. The monoisotopic (exact) mass is 519 g/mol. The molecule has 4 rings (SSSR count). The first-order valence-electron chi connectivity index (χ1n) is 11.7. The minimum Gasteiger partial charge on any atom is -0.467 e. The Kier molecular flexibility index (Phi) is 8.30. The Morgan fingerprint density at radius 3 is 2.66 bits per heavy atom. The zero-order valence-electron chi connectivity index (χ0n) is 19.7. The molecule has 1 aliphatic rings. The number of methoxy groups -OCH3 is 1. The Balaban J connectivity index is 1.64. The van der Waals surface area contributed by atoms with Gasteiger partial charge in [0, 0.05) is 24.6 Å². The van der Waals surface area contributed by atoms with E-state index in [1.165, 1.54) is 6.20 Å². The first-order valence-corrected chi connectivity index (χ1v) is 13.7. The molecule has 2 heterocycles. The van der Waals surface area contributed by atoms with Gasteiger partial charge in [0.1, 0.15) is 5.76 Å². The number of amides is 1. The molecule has 188 valence electrons. The number of hydrogen-bond donors (Lipinski definition) is 0. The maximum Gasteiger partial charge on any atom is 0.228 e. The van der Waals surface area contributed by atoms with Crippen molar-refractivity contribution in [1.82, 2.24) is 14.5 Å². The normalized spacial score (nSPS) is 14.5. The van der Waals surface area contributed by atoms with E-state index >= 15 is 0 Å². The van der Waals surface area contributed by atoms with Gasteiger partial charge in [-0.05, 0) is 36.6 Å². The molecule has 1 saturated carbocycles. The lowest BCUT2D eigenvalue weighted by molar-refractivity contribution is -0.137. The summed E-state index contributed by atoms with van der Waals surface area (Å²) in [6.07, 6.45) is 6.94. The quantitative estimate of drug-likeness (QED) is 0.371. The first-order chi connectivity index (χ1) is 16.9. The predicted octanol–water partition coefficient (Wildman–Crippen LogP) is 4.47. The second kappa shape index (κ2) is 11.4. The Hall–Kier alpha value is -2.62. The summed E-state index contributed by atoms with van der Waals surface area (Å²) in [4.78, 5) is 19.4. The fourth-order valence-electron chi connectivity index (χ4n) is 4.50. The summed E-state index contributed by atoms with van der Waals surface area (Å²) in [7, 11) is -2.25. The van der Waals surface area contributed by atoms with Crippen LogP contribution in [0.15, 0.2) is 58.4 Å². The third-order valence-corrected chi connectivity index (χ3v) is 8.24. The van der Waals surface area contributed by atoms with E-state index in [0.717, 1.165) is 25.7 Å². The van der Waals surface area contributed by atoms with Crippen LogP contribution < -0.4 is 0 Å². The summed E-state index contributed by atoms with van der Waals surface area (Å²) in [6.45, 7) is 1.11. The molecule has 0 bridgehead atoms. The lowest BCUT2D eigenvalue weighted by atomic mass is 10.1. The summed E-state index contributed by atoms with van der Waals surface area (Å²) in [5.41, 5.74) is 1.13. The van der Waals surface area contributed by atoms with Gasteiger partial charge in [-0.2, -0.15) is 0 Å². The molecule has 1 fully saturated rings. The van der Waals surface area contributed by atoms with Crippen molar-refractivity contribution < 1.29 is 22.4 Å². The van der Waals surface area contributed by atoms with Crippen LogP contribution in [-0.4, -0.2) is 42.5 Å². The van der Waals surface area contributed by atoms with Crippen molar-refractivity contribution in [2.75, 3.05) is 13.7 Å². The van der Waals surface area contributed by atoms with Gasteiger partial charge in [-0.25, -0.2) is 13.4 Å². The number of ether oxygens (including phenoxy) is 1. The molecule has 1 amide bonds. The number of nitrogens with zero attached hydrogens (tertiary/aromatic N) is 3. The molecule has 0 N–H and O–H groups in total. The predicted molar refractivity (Wildman–Crippen MR) is 131 cm³/mol. The van der Waals surface area contributed by atoms with E-state index in [-0.39, 0.29) is 35.8 Å². The van der Waals surface area contributed by atoms with Crippen LogP contribution in [0.4, 0.5) is 0 Å². The topological polar surface area (TPSA) is 94.6 Å². The van der Waals surface area contributed by atoms with Crippen molar-refractivity contribution in [2.45, 2.75) is 56.2 Å². The van der Waals surface area contributed by atoms with Crippen molar-refractivity contribution in [3.63, 3.8) is 0 Å². The molecule has 8 nitrogen and oxygen atoms in total. The minimum atomic E-state index is -3.81. The number of aromatic nitrogens is 2. The van der Waals surface area contributed by atoms with Crippen molar-refractivity contribution in [1.29, 1.82) is 0 Å². The number of imidazole rings is 1. The van der Waals surface area contributed by atoms with Gasteiger partial charge in [0.2, 0.25) is 20.9 Å². The van der Waals surface area contributed by atoms with Crippen molar-refractivity contribution in [3.8, 4) is 0 Å². The Morgan fingerprint density at radius 1 is 1.20 bits per heavy atom. The molecule has 0 saturated heterocycles. The van der Waals surface area contributed by atoms with Crippen LogP contribution in [0.3, 0.4) is 0 Å². The minimum absolute atomic E-state index is 0.0243. The van der Waals surface area contributed by atoms with Gasteiger partial charge in [0.25, 0.3) is 0 Å². The van der Waals surface area contributed by atoms with E-state index in [9.17, 15) is 13.2 Å². The van der Waals surface area contributed by atoms with E-state index in [2.05, 4.69) is 4.98 Å². The molecule has 1 aromatic carbocycles. The van der Waals surface area contributed by atoms with Crippen LogP contribution >= 0.6 is 11.6 Å². The summed E-state index contributed by atoms with van der Waals surface area (Å²) in [6, 6.07) is 10.5. The molecule has 0 unspecified atom stereocenters. The highest BCUT2D eigenvalue weighted by molar-refractivity contribution is 7.90. The molecular weight excluding hydrogens is 490 g/mol. The molecule has 0 aliphatic heterocycles. The van der Waals surface area contributed by atoms with Gasteiger partial charge >= 0.3 is 0 Å². The lowest BCUT2D eigenvalue weighted by Crippen LogP contribution is -2.35. The number of hydrogen-bond acceptors (Lipinski definition) is 6. The van der Waals surface area contributed by atoms with Gasteiger partial charge < -0.3 is 18.6 Å². The summed E-state index contributed by atoms with van der Waals surface area (Å²) in [5, 5.41) is 0.328. The molecule has 0 spiro atoms. The third kappa shape index (κ3) is 6.15. The second-order valence-electron chi connectivity index (χ2n) is 8.78. The number of sulfone groups is 1. The summed E-state index contributed by atoms with van der Waals surface area (Å²) < 4.78 is 39.1.